The minimum absolute atomic E-state index is 0.00495. The topological polar surface area (TPSA) is 76.5 Å². The first kappa shape index (κ1) is 20.3. The summed E-state index contributed by atoms with van der Waals surface area (Å²) in [5.74, 6) is -0.0274. The van der Waals surface area contributed by atoms with E-state index in [1.807, 2.05) is 0 Å². The SMILES string of the molecule is C[C@@H]1CCC2(CCN(c3nc4c(c(=O)n3C)C(c3cc(F)ccc3F)=NC4)CC2)[C@@H]1N. The van der Waals surface area contributed by atoms with E-state index in [0.717, 1.165) is 50.6 Å². The maximum Gasteiger partial charge on any atom is 0.264 e. The van der Waals surface area contributed by atoms with Gasteiger partial charge in [0, 0.05) is 31.7 Å². The van der Waals surface area contributed by atoms with E-state index < -0.39 is 11.6 Å². The van der Waals surface area contributed by atoms with E-state index in [4.69, 9.17) is 10.7 Å². The van der Waals surface area contributed by atoms with E-state index in [9.17, 15) is 13.6 Å². The lowest BCUT2D eigenvalue weighted by Gasteiger charge is -2.43. The molecule has 0 radical (unpaired) electrons. The Hall–Kier alpha value is -2.61. The Labute approximate surface area is 179 Å². The van der Waals surface area contributed by atoms with Gasteiger partial charge in [-0.3, -0.25) is 14.4 Å². The normalized spacial score (nSPS) is 24.5. The monoisotopic (exact) mass is 427 g/mol. The third-order valence-electron chi connectivity index (χ3n) is 7.61. The number of anilines is 1. The lowest BCUT2D eigenvalue weighted by molar-refractivity contribution is 0.185. The van der Waals surface area contributed by atoms with Gasteiger partial charge in [0.25, 0.3) is 5.56 Å². The second-order valence-electron chi connectivity index (χ2n) is 9.28. The zero-order valence-corrected chi connectivity index (χ0v) is 17.9. The predicted octanol–water partition coefficient (Wildman–Crippen LogP) is 2.75. The number of hydrogen-bond donors (Lipinski definition) is 1. The quantitative estimate of drug-likeness (QED) is 0.800. The summed E-state index contributed by atoms with van der Waals surface area (Å²) < 4.78 is 29.5. The first-order chi connectivity index (χ1) is 14.8. The molecule has 3 aliphatic rings. The van der Waals surface area contributed by atoms with Crippen molar-refractivity contribution in [2.75, 3.05) is 18.0 Å². The summed E-state index contributed by atoms with van der Waals surface area (Å²) in [5.41, 5.74) is 7.38. The molecule has 6 nitrogen and oxygen atoms in total. The average Bonchev–Trinajstić information content (AvgIpc) is 3.30. The minimum atomic E-state index is -0.609. The summed E-state index contributed by atoms with van der Waals surface area (Å²) in [6, 6.07) is 3.40. The molecule has 0 amide bonds. The summed E-state index contributed by atoms with van der Waals surface area (Å²) in [7, 11) is 1.68. The number of nitrogens with zero attached hydrogens (tertiary/aromatic N) is 4. The number of aliphatic imine (C=N–C) groups is 1. The zero-order valence-electron chi connectivity index (χ0n) is 17.9. The number of rotatable bonds is 2. The highest BCUT2D eigenvalue weighted by Gasteiger charge is 2.46. The molecule has 8 heteroatoms. The number of hydrogen-bond acceptors (Lipinski definition) is 5. The first-order valence-electron chi connectivity index (χ1n) is 10.9. The van der Waals surface area contributed by atoms with Crippen molar-refractivity contribution >= 4 is 11.7 Å². The van der Waals surface area contributed by atoms with Gasteiger partial charge in [-0.15, -0.1) is 0 Å². The lowest BCUT2D eigenvalue weighted by Crippen LogP contribution is -2.49. The van der Waals surface area contributed by atoms with Crippen LogP contribution in [0.5, 0.6) is 0 Å². The minimum Gasteiger partial charge on any atom is -0.342 e. The molecular weight excluding hydrogens is 400 g/mol. The molecule has 2 aromatic rings. The molecule has 5 rings (SSSR count). The van der Waals surface area contributed by atoms with E-state index in [1.165, 1.54) is 11.0 Å². The standard InChI is InChI=1S/C23H27F2N5O/c1-13-5-6-23(20(13)26)7-9-30(10-8-23)22-28-17-12-27-19(18(17)21(31)29(22)2)15-11-14(24)3-4-16(15)25/h3-4,11,13,20H,5-10,12,26H2,1-2H3/t13-,20-/m1/s1. The van der Waals surface area contributed by atoms with E-state index in [1.54, 1.807) is 7.05 Å². The first-order valence-corrected chi connectivity index (χ1v) is 10.9. The Kier molecular flexibility index (Phi) is 4.73. The maximum absolute atomic E-state index is 14.3. The molecular formula is C23H27F2N5O. The molecule has 1 spiro atoms. The zero-order chi connectivity index (χ0) is 21.9. The Morgan fingerprint density at radius 2 is 1.94 bits per heavy atom. The van der Waals surface area contributed by atoms with Gasteiger partial charge in [-0.2, -0.15) is 0 Å². The fourth-order valence-electron chi connectivity index (χ4n) is 5.60. The molecule has 2 atom stereocenters. The van der Waals surface area contributed by atoms with Crippen LogP contribution in [-0.2, 0) is 13.6 Å². The van der Waals surface area contributed by atoms with Gasteiger partial charge in [0.15, 0.2) is 0 Å². The maximum atomic E-state index is 14.3. The highest BCUT2D eigenvalue weighted by atomic mass is 19.1. The number of benzene rings is 1. The Morgan fingerprint density at radius 1 is 1.19 bits per heavy atom. The van der Waals surface area contributed by atoms with Gasteiger partial charge >= 0.3 is 0 Å². The average molecular weight is 427 g/mol. The van der Waals surface area contributed by atoms with Crippen LogP contribution in [0.3, 0.4) is 0 Å². The molecule has 164 valence electrons. The predicted molar refractivity (Wildman–Crippen MR) is 115 cm³/mol. The van der Waals surface area contributed by atoms with Crippen molar-refractivity contribution in [3.05, 3.63) is 57.0 Å². The number of halogens is 2. The van der Waals surface area contributed by atoms with Crippen molar-refractivity contribution in [2.24, 2.45) is 29.1 Å². The van der Waals surface area contributed by atoms with Crippen LogP contribution in [0.2, 0.25) is 0 Å². The lowest BCUT2D eigenvalue weighted by atomic mass is 9.73. The Balaban J connectivity index is 1.45. The largest absolute Gasteiger partial charge is 0.342 e. The van der Waals surface area contributed by atoms with Crippen LogP contribution in [0.25, 0.3) is 0 Å². The summed E-state index contributed by atoms with van der Waals surface area (Å²) in [6.07, 6.45) is 4.31. The van der Waals surface area contributed by atoms with Crippen LogP contribution in [0, 0.1) is 23.0 Å². The highest BCUT2D eigenvalue weighted by Crippen LogP contribution is 2.48. The third kappa shape index (κ3) is 3.11. The molecule has 3 heterocycles. The van der Waals surface area contributed by atoms with Crippen LogP contribution in [0.4, 0.5) is 14.7 Å². The molecule has 1 aromatic heterocycles. The molecule has 2 aliphatic heterocycles. The van der Waals surface area contributed by atoms with Crippen molar-refractivity contribution in [2.45, 2.75) is 45.2 Å². The van der Waals surface area contributed by atoms with Gasteiger partial charge in [0.1, 0.15) is 11.6 Å². The fraction of sp³-hybridized carbons (Fsp3) is 0.522. The number of piperidine rings is 1. The van der Waals surface area contributed by atoms with E-state index in [-0.39, 0.29) is 40.4 Å². The van der Waals surface area contributed by atoms with Crippen LogP contribution in [-0.4, -0.2) is 34.4 Å². The van der Waals surface area contributed by atoms with Crippen LogP contribution in [0.15, 0.2) is 28.0 Å². The summed E-state index contributed by atoms with van der Waals surface area (Å²) in [5, 5.41) is 0. The molecule has 1 aromatic carbocycles. The molecule has 1 saturated heterocycles. The van der Waals surface area contributed by atoms with Gasteiger partial charge in [0.2, 0.25) is 5.95 Å². The van der Waals surface area contributed by atoms with Crippen LogP contribution >= 0.6 is 0 Å². The van der Waals surface area contributed by atoms with Crippen LogP contribution in [0.1, 0.15) is 49.4 Å². The van der Waals surface area contributed by atoms with Crippen molar-refractivity contribution in [1.29, 1.82) is 0 Å². The summed E-state index contributed by atoms with van der Waals surface area (Å²) in [6.45, 7) is 4.01. The van der Waals surface area contributed by atoms with Crippen molar-refractivity contribution in [3.8, 4) is 0 Å². The molecule has 0 unspecified atom stereocenters. The number of fused-ring (bicyclic) bond motifs is 1. The molecule has 0 bridgehead atoms. The molecule has 1 aliphatic carbocycles. The highest BCUT2D eigenvalue weighted by molar-refractivity contribution is 6.14. The smallest absolute Gasteiger partial charge is 0.264 e. The van der Waals surface area contributed by atoms with Crippen molar-refractivity contribution < 1.29 is 8.78 Å². The van der Waals surface area contributed by atoms with Gasteiger partial charge in [-0.1, -0.05) is 6.92 Å². The van der Waals surface area contributed by atoms with Gasteiger partial charge in [-0.25, -0.2) is 13.8 Å². The summed E-state index contributed by atoms with van der Waals surface area (Å²) >= 11 is 0. The molecule has 2 fully saturated rings. The Bertz CT molecular complexity index is 1130. The fourth-order valence-corrected chi connectivity index (χ4v) is 5.60. The second-order valence-corrected chi connectivity index (χ2v) is 9.28. The third-order valence-corrected chi connectivity index (χ3v) is 7.61. The van der Waals surface area contributed by atoms with E-state index in [2.05, 4.69) is 16.8 Å². The van der Waals surface area contributed by atoms with E-state index in [0.29, 0.717) is 17.6 Å². The molecule has 1 saturated carbocycles. The van der Waals surface area contributed by atoms with Crippen molar-refractivity contribution in [3.63, 3.8) is 0 Å². The van der Waals surface area contributed by atoms with Gasteiger partial charge < -0.3 is 10.6 Å². The Morgan fingerprint density at radius 3 is 2.61 bits per heavy atom. The van der Waals surface area contributed by atoms with Crippen molar-refractivity contribution in [1.82, 2.24) is 9.55 Å². The van der Waals surface area contributed by atoms with Gasteiger partial charge in [0.05, 0.1) is 23.5 Å². The van der Waals surface area contributed by atoms with E-state index >= 15 is 0 Å². The van der Waals surface area contributed by atoms with Crippen LogP contribution < -0.4 is 16.2 Å². The second kappa shape index (κ2) is 7.22. The number of aromatic nitrogens is 2. The molecule has 31 heavy (non-hydrogen) atoms. The van der Waals surface area contributed by atoms with Gasteiger partial charge in [-0.05, 0) is 55.2 Å². The molecule has 2 N–H and O–H groups in total. The summed E-state index contributed by atoms with van der Waals surface area (Å²) in [4.78, 5) is 24.5. The number of nitrogens with two attached hydrogens (primary N) is 1.